The van der Waals surface area contributed by atoms with Crippen LogP contribution in [0.4, 0.5) is 4.79 Å². The molecule has 170 valence electrons. The zero-order chi connectivity index (χ0) is 21.5. The van der Waals surface area contributed by atoms with E-state index >= 15 is 0 Å². The van der Waals surface area contributed by atoms with Gasteiger partial charge in [0.15, 0.2) is 0 Å². The van der Waals surface area contributed by atoms with Gasteiger partial charge in [0, 0.05) is 44.8 Å². The van der Waals surface area contributed by atoms with Gasteiger partial charge in [-0.05, 0) is 30.5 Å². The van der Waals surface area contributed by atoms with Crippen molar-refractivity contribution < 1.29 is 19.1 Å². The number of carbonyl (C=O) groups excluding carboxylic acids is 2. The van der Waals surface area contributed by atoms with Crippen LogP contribution >= 0.6 is 0 Å². The Bertz CT molecular complexity index is 736. The molecule has 2 saturated heterocycles. The lowest BCUT2D eigenvalue weighted by molar-refractivity contribution is 0.0362. The second kappa shape index (κ2) is 10.8. The van der Waals surface area contributed by atoms with E-state index in [9.17, 15) is 9.59 Å². The molecule has 3 aliphatic rings. The summed E-state index contributed by atoms with van der Waals surface area (Å²) in [6, 6.07) is 7.58. The topological polar surface area (TPSA) is 62.3 Å². The van der Waals surface area contributed by atoms with E-state index in [-0.39, 0.29) is 11.9 Å². The van der Waals surface area contributed by atoms with E-state index in [4.69, 9.17) is 9.47 Å². The molecule has 0 aromatic heterocycles. The van der Waals surface area contributed by atoms with E-state index in [1.54, 1.807) is 0 Å². The molecule has 2 aliphatic heterocycles. The van der Waals surface area contributed by atoms with E-state index in [1.165, 1.54) is 32.1 Å². The molecule has 1 aromatic carbocycles. The molecule has 0 N–H and O–H groups in total. The maximum Gasteiger partial charge on any atom is 0.320 e. The van der Waals surface area contributed by atoms with Crippen molar-refractivity contribution in [2.45, 2.75) is 38.5 Å². The first-order chi connectivity index (χ1) is 15.2. The Morgan fingerprint density at radius 3 is 2.32 bits per heavy atom. The van der Waals surface area contributed by atoms with Crippen molar-refractivity contribution in [3.8, 4) is 5.75 Å². The zero-order valence-corrected chi connectivity index (χ0v) is 18.5. The molecule has 3 fully saturated rings. The van der Waals surface area contributed by atoms with Gasteiger partial charge in [-0.2, -0.15) is 0 Å². The lowest BCUT2D eigenvalue weighted by atomic mass is 9.87. The maximum atomic E-state index is 13.0. The van der Waals surface area contributed by atoms with Crippen LogP contribution in [0, 0.1) is 5.92 Å². The minimum atomic E-state index is 0.0104. The molecule has 2 heterocycles. The average Bonchev–Trinajstić information content (AvgIpc) is 2.85. The maximum absolute atomic E-state index is 13.0. The largest absolute Gasteiger partial charge is 0.494 e. The summed E-state index contributed by atoms with van der Waals surface area (Å²) in [5.74, 6) is 1.56. The number of piperazine rings is 1. The standard InChI is InChI=1S/C24H35N3O4/c28-23(25-10-12-26(13-11-25)24(29)27-14-17-30-18-15-27)21-7-4-8-22(19-21)31-16-9-20-5-2-1-3-6-20/h4,7-8,19-20H,1-3,5-6,9-18H2. The van der Waals surface area contributed by atoms with Crippen molar-refractivity contribution in [2.75, 3.05) is 59.1 Å². The van der Waals surface area contributed by atoms with Crippen LogP contribution in [0.2, 0.25) is 0 Å². The molecule has 0 bridgehead atoms. The first-order valence-electron chi connectivity index (χ1n) is 11.8. The summed E-state index contributed by atoms with van der Waals surface area (Å²) in [4.78, 5) is 31.2. The first kappa shape index (κ1) is 21.9. The van der Waals surface area contributed by atoms with E-state index < -0.39 is 0 Å². The Morgan fingerprint density at radius 1 is 0.903 bits per heavy atom. The van der Waals surface area contributed by atoms with Gasteiger partial charge in [-0.1, -0.05) is 38.2 Å². The predicted octanol–water partition coefficient (Wildman–Crippen LogP) is 3.25. The van der Waals surface area contributed by atoms with Crippen LogP contribution in [0.1, 0.15) is 48.9 Å². The monoisotopic (exact) mass is 429 g/mol. The van der Waals surface area contributed by atoms with Crippen molar-refractivity contribution >= 4 is 11.9 Å². The van der Waals surface area contributed by atoms with E-state index in [0.29, 0.717) is 64.7 Å². The van der Waals surface area contributed by atoms with Crippen LogP contribution in [0.15, 0.2) is 24.3 Å². The second-order valence-electron chi connectivity index (χ2n) is 8.83. The predicted molar refractivity (Wildman–Crippen MR) is 118 cm³/mol. The molecule has 1 aliphatic carbocycles. The fourth-order valence-corrected chi connectivity index (χ4v) is 4.78. The lowest BCUT2D eigenvalue weighted by Crippen LogP contribution is -2.55. The minimum Gasteiger partial charge on any atom is -0.494 e. The van der Waals surface area contributed by atoms with Gasteiger partial charge >= 0.3 is 6.03 Å². The summed E-state index contributed by atoms with van der Waals surface area (Å²) in [7, 11) is 0. The Hall–Kier alpha value is -2.28. The molecule has 7 heteroatoms. The molecule has 0 atom stereocenters. The fraction of sp³-hybridized carbons (Fsp3) is 0.667. The third-order valence-electron chi connectivity index (χ3n) is 6.72. The number of hydrogen-bond donors (Lipinski definition) is 0. The number of rotatable bonds is 5. The normalized spacial score (nSPS) is 20.6. The van der Waals surface area contributed by atoms with Gasteiger partial charge in [-0.3, -0.25) is 4.79 Å². The Morgan fingerprint density at radius 2 is 1.58 bits per heavy atom. The van der Waals surface area contributed by atoms with Crippen LogP contribution in [0.3, 0.4) is 0 Å². The van der Waals surface area contributed by atoms with E-state index in [1.807, 2.05) is 39.0 Å². The highest BCUT2D eigenvalue weighted by atomic mass is 16.5. The van der Waals surface area contributed by atoms with Gasteiger partial charge in [0.05, 0.1) is 19.8 Å². The molecule has 3 amide bonds. The van der Waals surface area contributed by atoms with Gasteiger partial charge in [0.2, 0.25) is 0 Å². The van der Waals surface area contributed by atoms with Crippen molar-refractivity contribution in [2.24, 2.45) is 5.92 Å². The van der Waals surface area contributed by atoms with E-state index in [2.05, 4.69) is 0 Å². The SMILES string of the molecule is O=C(c1cccc(OCCC2CCCCC2)c1)N1CCN(C(=O)N2CCOCC2)CC1. The summed E-state index contributed by atoms with van der Waals surface area (Å²) in [6.45, 7) is 5.45. The molecule has 0 radical (unpaired) electrons. The summed E-state index contributed by atoms with van der Waals surface area (Å²) in [5, 5.41) is 0. The van der Waals surface area contributed by atoms with Crippen molar-refractivity contribution in [3.63, 3.8) is 0 Å². The molecule has 4 rings (SSSR count). The summed E-state index contributed by atoms with van der Waals surface area (Å²) in [5.41, 5.74) is 0.656. The van der Waals surface area contributed by atoms with Crippen molar-refractivity contribution in [1.29, 1.82) is 0 Å². The highest BCUT2D eigenvalue weighted by Crippen LogP contribution is 2.26. The molecular weight excluding hydrogens is 394 g/mol. The summed E-state index contributed by atoms with van der Waals surface area (Å²) >= 11 is 0. The van der Waals surface area contributed by atoms with Gasteiger partial charge in [-0.25, -0.2) is 4.79 Å². The summed E-state index contributed by atoms with van der Waals surface area (Å²) < 4.78 is 11.3. The Balaban J connectivity index is 1.24. The number of hydrogen-bond acceptors (Lipinski definition) is 4. The third kappa shape index (κ3) is 5.91. The quantitative estimate of drug-likeness (QED) is 0.721. The van der Waals surface area contributed by atoms with E-state index in [0.717, 1.165) is 18.1 Å². The lowest BCUT2D eigenvalue weighted by Gasteiger charge is -2.38. The highest BCUT2D eigenvalue weighted by molar-refractivity contribution is 5.94. The molecule has 7 nitrogen and oxygen atoms in total. The van der Waals surface area contributed by atoms with Gasteiger partial charge in [0.25, 0.3) is 5.91 Å². The number of urea groups is 1. The van der Waals surface area contributed by atoms with Crippen LogP contribution < -0.4 is 4.74 Å². The average molecular weight is 430 g/mol. The smallest absolute Gasteiger partial charge is 0.320 e. The van der Waals surface area contributed by atoms with Crippen LogP contribution in [-0.2, 0) is 4.74 Å². The summed E-state index contributed by atoms with van der Waals surface area (Å²) in [6.07, 6.45) is 7.80. The van der Waals surface area contributed by atoms with Crippen molar-refractivity contribution in [1.82, 2.24) is 14.7 Å². The number of amides is 3. The first-order valence-corrected chi connectivity index (χ1v) is 11.8. The molecule has 0 unspecified atom stereocenters. The van der Waals surface area contributed by atoms with Crippen LogP contribution in [0.25, 0.3) is 0 Å². The number of ether oxygens (including phenoxy) is 2. The van der Waals surface area contributed by atoms with Gasteiger partial charge in [0.1, 0.15) is 5.75 Å². The Kier molecular flexibility index (Phi) is 7.67. The van der Waals surface area contributed by atoms with Crippen LogP contribution in [-0.4, -0.2) is 85.7 Å². The molecule has 0 spiro atoms. The Labute approximate surface area is 185 Å². The molecular formula is C24H35N3O4. The van der Waals surface area contributed by atoms with Crippen molar-refractivity contribution in [3.05, 3.63) is 29.8 Å². The second-order valence-corrected chi connectivity index (χ2v) is 8.83. The molecule has 1 saturated carbocycles. The van der Waals surface area contributed by atoms with Gasteiger partial charge < -0.3 is 24.2 Å². The minimum absolute atomic E-state index is 0.0104. The number of nitrogens with zero attached hydrogens (tertiary/aromatic N) is 3. The number of morpholine rings is 1. The van der Waals surface area contributed by atoms with Gasteiger partial charge in [-0.15, -0.1) is 0 Å². The number of benzene rings is 1. The number of carbonyl (C=O) groups is 2. The highest BCUT2D eigenvalue weighted by Gasteiger charge is 2.28. The molecule has 31 heavy (non-hydrogen) atoms. The van der Waals surface area contributed by atoms with Crippen LogP contribution in [0.5, 0.6) is 5.75 Å². The molecule has 1 aromatic rings. The fourth-order valence-electron chi connectivity index (χ4n) is 4.78. The zero-order valence-electron chi connectivity index (χ0n) is 18.5. The third-order valence-corrected chi connectivity index (χ3v) is 6.72.